The highest BCUT2D eigenvalue weighted by Gasteiger charge is 1.91. The molecule has 0 fully saturated rings. The Morgan fingerprint density at radius 1 is 0.875 bits per heavy atom. The third-order valence-electron chi connectivity index (χ3n) is 2.19. The van der Waals surface area contributed by atoms with Crippen LogP contribution in [0.5, 0.6) is 0 Å². The molecule has 16 heavy (non-hydrogen) atoms. The van der Waals surface area contributed by atoms with Crippen LogP contribution >= 0.6 is 15.9 Å². The van der Waals surface area contributed by atoms with Gasteiger partial charge in [0.2, 0.25) is 0 Å². The lowest BCUT2D eigenvalue weighted by Gasteiger charge is -1.95. The average molecular weight is 277 g/mol. The lowest BCUT2D eigenvalue weighted by molar-refractivity contribution is 0.627. The minimum Gasteiger partial charge on any atom is -0.207 e. The van der Waals surface area contributed by atoms with Crippen LogP contribution in [0.1, 0.15) is 11.1 Å². The maximum atomic E-state index is 12.9. The van der Waals surface area contributed by atoms with E-state index in [1.54, 1.807) is 6.07 Å². The summed E-state index contributed by atoms with van der Waals surface area (Å²) in [7, 11) is 0. The first-order valence-electron chi connectivity index (χ1n) is 4.93. The number of hydrogen-bond acceptors (Lipinski definition) is 0. The average Bonchev–Trinajstić information content (AvgIpc) is 2.28. The molecule has 0 aliphatic rings. The summed E-state index contributed by atoms with van der Waals surface area (Å²) >= 11 is 3.38. The molecule has 2 heteroatoms. The maximum absolute atomic E-state index is 12.9. The quantitative estimate of drug-likeness (QED) is 0.694. The van der Waals surface area contributed by atoms with Crippen molar-refractivity contribution in [2.24, 2.45) is 0 Å². The van der Waals surface area contributed by atoms with E-state index in [-0.39, 0.29) is 5.82 Å². The molecule has 2 rings (SSSR count). The van der Waals surface area contributed by atoms with Gasteiger partial charge in [-0.2, -0.15) is 0 Å². The Bertz CT molecular complexity index is 500. The smallest absolute Gasteiger partial charge is 0.123 e. The van der Waals surface area contributed by atoms with E-state index in [4.69, 9.17) is 0 Å². The van der Waals surface area contributed by atoms with Gasteiger partial charge in [-0.25, -0.2) is 4.39 Å². The van der Waals surface area contributed by atoms with Gasteiger partial charge in [0.25, 0.3) is 0 Å². The summed E-state index contributed by atoms with van der Waals surface area (Å²) in [4.78, 5) is 0. The largest absolute Gasteiger partial charge is 0.207 e. The van der Waals surface area contributed by atoms with Crippen LogP contribution in [0, 0.1) is 5.82 Å². The highest BCUT2D eigenvalue weighted by atomic mass is 79.9. The molecule has 2 aromatic carbocycles. The zero-order valence-corrected chi connectivity index (χ0v) is 10.1. The normalized spacial score (nSPS) is 10.9. The molecule has 0 unspecified atom stereocenters. The molecule has 0 saturated heterocycles. The Balaban J connectivity index is 2.18. The minimum atomic E-state index is -0.210. The standard InChI is InChI=1S/C14H10BrF/c15-13-8-6-11(7-9-13)4-5-12-2-1-3-14(16)10-12/h1-10H/b5-4+. The molecule has 0 nitrogen and oxygen atoms in total. The van der Waals surface area contributed by atoms with Crippen LogP contribution in [0.25, 0.3) is 12.2 Å². The monoisotopic (exact) mass is 276 g/mol. The minimum absolute atomic E-state index is 0.210. The van der Waals surface area contributed by atoms with E-state index in [1.165, 1.54) is 12.1 Å². The first-order chi connectivity index (χ1) is 7.74. The van der Waals surface area contributed by atoms with Gasteiger partial charge in [-0.3, -0.25) is 0 Å². The Kier molecular flexibility index (Phi) is 3.52. The molecule has 2 aromatic rings. The lowest BCUT2D eigenvalue weighted by atomic mass is 10.1. The van der Waals surface area contributed by atoms with Crippen molar-refractivity contribution < 1.29 is 4.39 Å². The third-order valence-corrected chi connectivity index (χ3v) is 2.72. The molecule has 0 spiro atoms. The zero-order chi connectivity index (χ0) is 11.4. The Morgan fingerprint density at radius 3 is 2.25 bits per heavy atom. The first kappa shape index (κ1) is 11.1. The van der Waals surface area contributed by atoms with E-state index in [0.717, 1.165) is 15.6 Å². The second kappa shape index (κ2) is 5.08. The van der Waals surface area contributed by atoms with Gasteiger partial charge in [0.05, 0.1) is 0 Å². The van der Waals surface area contributed by atoms with Crippen molar-refractivity contribution in [2.45, 2.75) is 0 Å². The van der Waals surface area contributed by atoms with Crippen LogP contribution in [0.4, 0.5) is 4.39 Å². The predicted molar refractivity (Wildman–Crippen MR) is 69.5 cm³/mol. The molecule has 0 bridgehead atoms. The number of halogens is 2. The molecule has 0 heterocycles. The molecule has 0 amide bonds. The van der Waals surface area contributed by atoms with E-state index in [0.29, 0.717) is 0 Å². The van der Waals surface area contributed by atoms with Crippen LogP contribution in [0.15, 0.2) is 53.0 Å². The van der Waals surface area contributed by atoms with Crippen LogP contribution in [0.2, 0.25) is 0 Å². The molecule has 0 N–H and O–H groups in total. The fraction of sp³-hybridized carbons (Fsp3) is 0. The zero-order valence-electron chi connectivity index (χ0n) is 8.53. The third kappa shape index (κ3) is 3.04. The number of benzene rings is 2. The molecule has 0 aliphatic heterocycles. The fourth-order valence-corrected chi connectivity index (χ4v) is 1.64. The lowest BCUT2D eigenvalue weighted by Crippen LogP contribution is -1.76. The van der Waals surface area contributed by atoms with Crippen molar-refractivity contribution in [2.75, 3.05) is 0 Å². The van der Waals surface area contributed by atoms with Crippen molar-refractivity contribution >= 4 is 28.1 Å². The Hall–Kier alpha value is -1.41. The van der Waals surface area contributed by atoms with E-state index >= 15 is 0 Å². The number of rotatable bonds is 2. The van der Waals surface area contributed by atoms with Gasteiger partial charge in [-0.15, -0.1) is 0 Å². The molecule has 0 atom stereocenters. The van der Waals surface area contributed by atoms with Crippen LogP contribution in [-0.4, -0.2) is 0 Å². The summed E-state index contributed by atoms with van der Waals surface area (Å²) in [6.07, 6.45) is 3.85. The molecule has 0 saturated carbocycles. The first-order valence-corrected chi connectivity index (χ1v) is 5.72. The van der Waals surface area contributed by atoms with Gasteiger partial charge in [0.15, 0.2) is 0 Å². The molecule has 0 radical (unpaired) electrons. The van der Waals surface area contributed by atoms with Crippen molar-refractivity contribution in [3.63, 3.8) is 0 Å². The van der Waals surface area contributed by atoms with Crippen LogP contribution in [-0.2, 0) is 0 Å². The summed E-state index contributed by atoms with van der Waals surface area (Å²) in [5.74, 6) is -0.210. The van der Waals surface area contributed by atoms with E-state index < -0.39 is 0 Å². The molecule has 0 aromatic heterocycles. The van der Waals surface area contributed by atoms with Crippen LogP contribution in [0.3, 0.4) is 0 Å². The van der Waals surface area contributed by atoms with Gasteiger partial charge < -0.3 is 0 Å². The second-order valence-corrected chi connectivity index (χ2v) is 4.36. The SMILES string of the molecule is Fc1cccc(/C=C/c2ccc(Br)cc2)c1. The van der Waals surface area contributed by atoms with Crippen molar-refractivity contribution in [3.8, 4) is 0 Å². The van der Waals surface area contributed by atoms with E-state index in [9.17, 15) is 4.39 Å². The summed E-state index contributed by atoms with van der Waals surface area (Å²) < 4.78 is 14.0. The molecular formula is C14H10BrF. The van der Waals surface area contributed by atoms with Crippen molar-refractivity contribution in [3.05, 3.63) is 69.9 Å². The maximum Gasteiger partial charge on any atom is 0.123 e. The highest BCUT2D eigenvalue weighted by Crippen LogP contribution is 2.13. The van der Waals surface area contributed by atoms with E-state index in [2.05, 4.69) is 15.9 Å². The Morgan fingerprint density at radius 2 is 1.56 bits per heavy atom. The van der Waals surface area contributed by atoms with Gasteiger partial charge in [-0.1, -0.05) is 52.3 Å². The fourth-order valence-electron chi connectivity index (χ4n) is 1.38. The van der Waals surface area contributed by atoms with Crippen LogP contribution < -0.4 is 0 Å². The number of hydrogen-bond donors (Lipinski definition) is 0. The topological polar surface area (TPSA) is 0 Å². The predicted octanol–water partition coefficient (Wildman–Crippen LogP) is 4.76. The van der Waals surface area contributed by atoms with E-state index in [1.807, 2.05) is 42.5 Å². The molecular weight excluding hydrogens is 267 g/mol. The highest BCUT2D eigenvalue weighted by molar-refractivity contribution is 9.10. The van der Waals surface area contributed by atoms with Gasteiger partial charge >= 0.3 is 0 Å². The summed E-state index contributed by atoms with van der Waals surface area (Å²) in [5, 5.41) is 0. The van der Waals surface area contributed by atoms with Gasteiger partial charge in [0.1, 0.15) is 5.82 Å². The summed E-state index contributed by atoms with van der Waals surface area (Å²) in [6, 6.07) is 14.5. The molecule has 80 valence electrons. The molecule has 0 aliphatic carbocycles. The van der Waals surface area contributed by atoms with Gasteiger partial charge in [0, 0.05) is 4.47 Å². The summed E-state index contributed by atoms with van der Waals surface area (Å²) in [6.45, 7) is 0. The van der Waals surface area contributed by atoms with Crippen molar-refractivity contribution in [1.82, 2.24) is 0 Å². The summed E-state index contributed by atoms with van der Waals surface area (Å²) in [5.41, 5.74) is 1.95. The van der Waals surface area contributed by atoms with Gasteiger partial charge in [-0.05, 0) is 35.4 Å². The van der Waals surface area contributed by atoms with Crippen molar-refractivity contribution in [1.29, 1.82) is 0 Å². The second-order valence-electron chi connectivity index (χ2n) is 3.44. The Labute approximate surface area is 103 Å².